The van der Waals surface area contributed by atoms with Gasteiger partial charge in [0.05, 0.1) is 5.69 Å². The number of halogens is 1. The van der Waals surface area contributed by atoms with Gasteiger partial charge in [0.15, 0.2) is 0 Å². The lowest BCUT2D eigenvalue weighted by atomic mass is 10.2. The highest BCUT2D eigenvalue weighted by atomic mass is 79.9. The van der Waals surface area contributed by atoms with Crippen molar-refractivity contribution in [2.75, 3.05) is 5.33 Å². The van der Waals surface area contributed by atoms with Crippen LogP contribution in [0, 0.1) is 6.92 Å². The molecule has 1 heterocycles. The molecule has 0 unspecified atom stereocenters. The Morgan fingerprint density at radius 3 is 2.91 bits per heavy atom. The third-order valence-electron chi connectivity index (χ3n) is 1.31. The summed E-state index contributed by atoms with van der Waals surface area (Å²) < 4.78 is 0. The van der Waals surface area contributed by atoms with Gasteiger partial charge in [-0.3, -0.25) is 4.98 Å². The van der Waals surface area contributed by atoms with Crippen LogP contribution in [-0.4, -0.2) is 10.3 Å². The molecule has 1 rings (SSSR count). The van der Waals surface area contributed by atoms with E-state index in [2.05, 4.69) is 27.0 Å². The van der Waals surface area contributed by atoms with E-state index in [4.69, 9.17) is 0 Å². The predicted octanol–water partition coefficient (Wildman–Crippen LogP) is 2.80. The molecule has 0 saturated carbocycles. The Bertz CT molecular complexity index is 238. The maximum absolute atomic E-state index is 4.21. The van der Waals surface area contributed by atoms with Gasteiger partial charge in [0, 0.05) is 11.5 Å². The van der Waals surface area contributed by atoms with Gasteiger partial charge in [-0.15, -0.1) is 0 Å². The zero-order chi connectivity index (χ0) is 8.10. The van der Waals surface area contributed by atoms with E-state index in [1.807, 2.05) is 31.3 Å². The van der Waals surface area contributed by atoms with Gasteiger partial charge < -0.3 is 0 Å². The largest absolute Gasteiger partial charge is 0.257 e. The third kappa shape index (κ3) is 2.85. The van der Waals surface area contributed by atoms with Crippen LogP contribution in [-0.2, 0) is 0 Å². The average Bonchev–Trinajstić information content (AvgIpc) is 2.04. The SMILES string of the molecule is Cc1ccc(/C=C/CBr)nc1. The zero-order valence-electron chi connectivity index (χ0n) is 6.42. The fraction of sp³-hybridized carbons (Fsp3) is 0.222. The smallest absolute Gasteiger partial charge is 0.0626 e. The molecule has 0 aliphatic carbocycles. The normalized spacial score (nSPS) is 10.7. The molecule has 0 spiro atoms. The van der Waals surface area contributed by atoms with Crippen molar-refractivity contribution in [2.45, 2.75) is 6.92 Å². The topological polar surface area (TPSA) is 12.9 Å². The summed E-state index contributed by atoms with van der Waals surface area (Å²) in [5, 5.41) is 0.878. The molecule has 0 aromatic carbocycles. The van der Waals surface area contributed by atoms with Crippen molar-refractivity contribution in [3.05, 3.63) is 35.7 Å². The monoisotopic (exact) mass is 211 g/mol. The number of nitrogens with zero attached hydrogens (tertiary/aromatic N) is 1. The molecule has 0 bridgehead atoms. The highest BCUT2D eigenvalue weighted by Crippen LogP contribution is 2.00. The minimum absolute atomic E-state index is 0.878. The number of alkyl halides is 1. The van der Waals surface area contributed by atoms with Crippen LogP contribution in [0.15, 0.2) is 24.4 Å². The van der Waals surface area contributed by atoms with Crippen molar-refractivity contribution in [1.82, 2.24) is 4.98 Å². The molecule has 0 saturated heterocycles. The summed E-state index contributed by atoms with van der Waals surface area (Å²) in [6.45, 7) is 2.03. The highest BCUT2D eigenvalue weighted by Gasteiger charge is 1.85. The standard InChI is InChI=1S/C9H10BrN/c1-8-4-5-9(11-7-8)3-2-6-10/h2-5,7H,6H2,1H3/b3-2+. The average molecular weight is 212 g/mol. The molecule has 0 aliphatic heterocycles. The van der Waals surface area contributed by atoms with E-state index >= 15 is 0 Å². The van der Waals surface area contributed by atoms with Crippen molar-refractivity contribution in [3.63, 3.8) is 0 Å². The number of pyridine rings is 1. The molecule has 1 nitrogen and oxygen atoms in total. The van der Waals surface area contributed by atoms with E-state index in [1.54, 1.807) is 0 Å². The summed E-state index contributed by atoms with van der Waals surface area (Å²) in [5.41, 5.74) is 2.20. The van der Waals surface area contributed by atoms with Crippen LogP contribution < -0.4 is 0 Å². The minimum Gasteiger partial charge on any atom is -0.257 e. The predicted molar refractivity (Wildman–Crippen MR) is 51.8 cm³/mol. The molecule has 2 heteroatoms. The quantitative estimate of drug-likeness (QED) is 0.687. The molecular weight excluding hydrogens is 202 g/mol. The van der Waals surface area contributed by atoms with E-state index in [0.29, 0.717) is 0 Å². The summed E-state index contributed by atoms with van der Waals surface area (Å²) in [7, 11) is 0. The van der Waals surface area contributed by atoms with Crippen LogP contribution in [0.2, 0.25) is 0 Å². The van der Waals surface area contributed by atoms with Gasteiger partial charge in [0.25, 0.3) is 0 Å². The Hall–Kier alpha value is -0.630. The zero-order valence-corrected chi connectivity index (χ0v) is 8.01. The number of rotatable bonds is 2. The van der Waals surface area contributed by atoms with E-state index in [9.17, 15) is 0 Å². The number of aryl methyl sites for hydroxylation is 1. The Morgan fingerprint density at radius 2 is 2.36 bits per heavy atom. The Morgan fingerprint density at radius 1 is 1.55 bits per heavy atom. The maximum atomic E-state index is 4.21. The lowest BCUT2D eigenvalue weighted by molar-refractivity contribution is 1.24. The van der Waals surface area contributed by atoms with E-state index < -0.39 is 0 Å². The lowest BCUT2D eigenvalue weighted by Gasteiger charge is -1.92. The molecule has 1 aromatic heterocycles. The van der Waals surface area contributed by atoms with Crippen LogP contribution in [0.25, 0.3) is 6.08 Å². The third-order valence-corrected chi connectivity index (χ3v) is 1.69. The molecule has 0 N–H and O–H groups in total. The van der Waals surface area contributed by atoms with Crippen molar-refractivity contribution >= 4 is 22.0 Å². The molecule has 11 heavy (non-hydrogen) atoms. The number of aromatic nitrogens is 1. The van der Waals surface area contributed by atoms with Crippen molar-refractivity contribution in [3.8, 4) is 0 Å². The van der Waals surface area contributed by atoms with Crippen LogP contribution in [0.1, 0.15) is 11.3 Å². The fourth-order valence-corrected chi connectivity index (χ4v) is 0.930. The first-order valence-electron chi connectivity index (χ1n) is 3.48. The molecule has 0 radical (unpaired) electrons. The Balaban J connectivity index is 2.73. The minimum atomic E-state index is 0.878. The summed E-state index contributed by atoms with van der Waals surface area (Å²) in [5.74, 6) is 0. The van der Waals surface area contributed by atoms with Crippen molar-refractivity contribution in [1.29, 1.82) is 0 Å². The molecular formula is C9H10BrN. The number of hydrogen-bond donors (Lipinski definition) is 0. The van der Waals surface area contributed by atoms with Gasteiger partial charge in [-0.1, -0.05) is 28.1 Å². The van der Waals surface area contributed by atoms with Crippen LogP contribution in [0.4, 0.5) is 0 Å². The molecule has 58 valence electrons. The van der Waals surface area contributed by atoms with Gasteiger partial charge in [-0.25, -0.2) is 0 Å². The van der Waals surface area contributed by atoms with Crippen molar-refractivity contribution < 1.29 is 0 Å². The lowest BCUT2D eigenvalue weighted by Crippen LogP contribution is -1.80. The summed E-state index contributed by atoms with van der Waals surface area (Å²) >= 11 is 3.31. The van der Waals surface area contributed by atoms with Crippen molar-refractivity contribution in [2.24, 2.45) is 0 Å². The molecule has 0 aliphatic rings. The first-order chi connectivity index (χ1) is 5.33. The summed E-state index contributed by atoms with van der Waals surface area (Å²) in [6.07, 6.45) is 5.89. The maximum Gasteiger partial charge on any atom is 0.0626 e. The summed E-state index contributed by atoms with van der Waals surface area (Å²) in [4.78, 5) is 4.21. The van der Waals surface area contributed by atoms with E-state index in [0.717, 1.165) is 11.0 Å². The second-order valence-electron chi connectivity index (χ2n) is 2.32. The van der Waals surface area contributed by atoms with Crippen LogP contribution >= 0.6 is 15.9 Å². The second kappa shape index (κ2) is 4.29. The molecule has 0 amide bonds. The van der Waals surface area contributed by atoms with Gasteiger partial charge in [0.1, 0.15) is 0 Å². The second-order valence-corrected chi connectivity index (χ2v) is 2.96. The van der Waals surface area contributed by atoms with Crippen LogP contribution in [0.3, 0.4) is 0 Å². The number of hydrogen-bond acceptors (Lipinski definition) is 1. The van der Waals surface area contributed by atoms with Gasteiger partial charge in [-0.2, -0.15) is 0 Å². The van der Waals surface area contributed by atoms with Gasteiger partial charge >= 0.3 is 0 Å². The number of allylic oxidation sites excluding steroid dienone is 1. The molecule has 0 fully saturated rings. The first kappa shape index (κ1) is 8.47. The Labute approximate surface area is 75.3 Å². The van der Waals surface area contributed by atoms with Gasteiger partial charge in [0.2, 0.25) is 0 Å². The molecule has 1 aromatic rings. The van der Waals surface area contributed by atoms with Crippen LogP contribution in [0.5, 0.6) is 0 Å². The van der Waals surface area contributed by atoms with E-state index in [-0.39, 0.29) is 0 Å². The van der Waals surface area contributed by atoms with Gasteiger partial charge in [-0.05, 0) is 24.6 Å². The highest BCUT2D eigenvalue weighted by molar-refractivity contribution is 9.09. The fourth-order valence-electron chi connectivity index (χ4n) is 0.743. The molecule has 0 atom stereocenters. The summed E-state index contributed by atoms with van der Waals surface area (Å²) in [6, 6.07) is 4.06. The Kier molecular flexibility index (Phi) is 3.30. The van der Waals surface area contributed by atoms with E-state index in [1.165, 1.54) is 5.56 Å². The first-order valence-corrected chi connectivity index (χ1v) is 4.60.